The molecule has 2 heterocycles. The van der Waals surface area contributed by atoms with Crippen LogP contribution in [0.5, 0.6) is 5.75 Å². The molecule has 74 valence electrons. The van der Waals surface area contributed by atoms with Crippen molar-refractivity contribution in [1.29, 1.82) is 0 Å². The van der Waals surface area contributed by atoms with Crippen LogP contribution in [0.15, 0.2) is 18.2 Å². The monoisotopic (exact) mass is 206 g/mol. The molecule has 1 atom stereocenters. The summed E-state index contributed by atoms with van der Waals surface area (Å²) < 4.78 is 5.90. The van der Waals surface area contributed by atoms with E-state index in [0.29, 0.717) is 4.75 Å². The number of hydrogen-bond donors (Lipinski definition) is 0. The quantitative estimate of drug-likeness (QED) is 0.698. The van der Waals surface area contributed by atoms with Gasteiger partial charge in [0.05, 0.1) is 6.61 Å². The van der Waals surface area contributed by atoms with Crippen LogP contribution in [0.2, 0.25) is 0 Å². The lowest BCUT2D eigenvalue weighted by Gasteiger charge is -2.38. The maximum atomic E-state index is 5.51. The fraction of sp³-hybridized carbons (Fsp3) is 0.500. The van der Waals surface area contributed by atoms with Gasteiger partial charge in [-0.15, -0.1) is 0 Å². The number of fused-ring (bicyclic) bond motifs is 1. The maximum absolute atomic E-state index is 5.51. The third-order valence-corrected chi connectivity index (χ3v) is 4.79. The molecule has 0 aromatic heterocycles. The van der Waals surface area contributed by atoms with E-state index in [1.807, 2.05) is 0 Å². The second kappa shape index (κ2) is 2.93. The highest BCUT2D eigenvalue weighted by Crippen LogP contribution is 2.49. The molecule has 0 aliphatic carbocycles. The SMILES string of the molecule is CC1(c2ccc3c(c2)CCO3)CCS1. The first kappa shape index (κ1) is 8.66. The van der Waals surface area contributed by atoms with E-state index in [1.54, 1.807) is 0 Å². The summed E-state index contributed by atoms with van der Waals surface area (Å²) in [5, 5.41) is 0. The van der Waals surface area contributed by atoms with Gasteiger partial charge in [-0.05, 0) is 36.3 Å². The highest BCUT2D eigenvalue weighted by Gasteiger charge is 2.35. The lowest BCUT2D eigenvalue weighted by atomic mass is 9.94. The Morgan fingerprint density at radius 3 is 3.00 bits per heavy atom. The molecule has 0 radical (unpaired) electrons. The van der Waals surface area contributed by atoms with Crippen molar-refractivity contribution < 1.29 is 4.74 Å². The zero-order valence-corrected chi connectivity index (χ0v) is 9.19. The summed E-state index contributed by atoms with van der Waals surface area (Å²) in [5.74, 6) is 2.41. The van der Waals surface area contributed by atoms with Crippen LogP contribution in [0.3, 0.4) is 0 Å². The van der Waals surface area contributed by atoms with Crippen LogP contribution in [0.25, 0.3) is 0 Å². The lowest BCUT2D eigenvalue weighted by Crippen LogP contribution is -2.27. The Morgan fingerprint density at radius 2 is 2.29 bits per heavy atom. The van der Waals surface area contributed by atoms with Gasteiger partial charge in [-0.2, -0.15) is 11.8 Å². The van der Waals surface area contributed by atoms with Crippen molar-refractivity contribution >= 4 is 11.8 Å². The predicted octanol–water partition coefficient (Wildman–Crippen LogP) is 2.97. The molecule has 2 aliphatic rings. The molecular formula is C12H14OS. The molecule has 0 saturated carbocycles. The average molecular weight is 206 g/mol. The molecule has 0 amide bonds. The molecule has 14 heavy (non-hydrogen) atoms. The first-order valence-corrected chi connectivity index (χ1v) is 6.17. The van der Waals surface area contributed by atoms with Crippen molar-refractivity contribution in [3.8, 4) is 5.75 Å². The molecule has 1 fully saturated rings. The Labute approximate surface area is 88.8 Å². The van der Waals surface area contributed by atoms with Crippen LogP contribution in [0, 0.1) is 0 Å². The van der Waals surface area contributed by atoms with Gasteiger partial charge in [0.25, 0.3) is 0 Å². The van der Waals surface area contributed by atoms with Gasteiger partial charge in [-0.25, -0.2) is 0 Å². The Morgan fingerprint density at radius 1 is 1.43 bits per heavy atom. The smallest absolute Gasteiger partial charge is 0.122 e. The Bertz CT molecular complexity index is 369. The van der Waals surface area contributed by atoms with E-state index in [4.69, 9.17) is 4.74 Å². The van der Waals surface area contributed by atoms with Gasteiger partial charge in [0.1, 0.15) is 5.75 Å². The minimum atomic E-state index is 0.387. The summed E-state index contributed by atoms with van der Waals surface area (Å²) in [7, 11) is 0. The van der Waals surface area contributed by atoms with Crippen LogP contribution < -0.4 is 4.74 Å². The second-order valence-corrected chi connectivity index (χ2v) is 5.85. The second-order valence-electron chi connectivity index (χ2n) is 4.25. The van der Waals surface area contributed by atoms with Crippen molar-refractivity contribution in [1.82, 2.24) is 0 Å². The summed E-state index contributed by atoms with van der Waals surface area (Å²) in [6.45, 7) is 3.21. The summed E-state index contributed by atoms with van der Waals surface area (Å²) in [6.07, 6.45) is 2.40. The van der Waals surface area contributed by atoms with Gasteiger partial charge >= 0.3 is 0 Å². The van der Waals surface area contributed by atoms with Gasteiger partial charge in [0, 0.05) is 11.2 Å². The van der Waals surface area contributed by atoms with E-state index in [9.17, 15) is 0 Å². The molecule has 1 aromatic carbocycles. The third-order valence-electron chi connectivity index (χ3n) is 3.30. The van der Waals surface area contributed by atoms with Crippen molar-refractivity contribution in [3.05, 3.63) is 29.3 Å². The number of hydrogen-bond acceptors (Lipinski definition) is 2. The van der Waals surface area contributed by atoms with Crippen molar-refractivity contribution in [3.63, 3.8) is 0 Å². The van der Waals surface area contributed by atoms with Crippen LogP contribution in [0.1, 0.15) is 24.5 Å². The van der Waals surface area contributed by atoms with Crippen LogP contribution in [-0.4, -0.2) is 12.4 Å². The number of ether oxygens (including phenoxy) is 1. The van der Waals surface area contributed by atoms with Crippen LogP contribution >= 0.6 is 11.8 Å². The molecule has 3 rings (SSSR count). The van der Waals surface area contributed by atoms with Gasteiger partial charge in [0.15, 0.2) is 0 Å². The topological polar surface area (TPSA) is 9.23 Å². The minimum absolute atomic E-state index is 0.387. The summed E-state index contributed by atoms with van der Waals surface area (Å²) >= 11 is 2.07. The fourth-order valence-electron chi connectivity index (χ4n) is 2.15. The van der Waals surface area contributed by atoms with Crippen molar-refractivity contribution in [2.75, 3.05) is 12.4 Å². The van der Waals surface area contributed by atoms with Crippen LogP contribution in [-0.2, 0) is 11.2 Å². The largest absolute Gasteiger partial charge is 0.493 e. The Hall–Kier alpha value is -0.630. The highest BCUT2D eigenvalue weighted by molar-refractivity contribution is 8.01. The lowest BCUT2D eigenvalue weighted by molar-refractivity contribution is 0.356. The van der Waals surface area contributed by atoms with Gasteiger partial charge in [-0.3, -0.25) is 0 Å². The Balaban J connectivity index is 2.00. The number of benzene rings is 1. The summed E-state index contributed by atoms with van der Waals surface area (Å²) in [4.78, 5) is 0. The van der Waals surface area contributed by atoms with Crippen molar-refractivity contribution in [2.24, 2.45) is 0 Å². The average Bonchev–Trinajstić information content (AvgIpc) is 2.60. The first-order chi connectivity index (χ1) is 6.78. The molecule has 0 spiro atoms. The molecule has 2 aliphatic heterocycles. The van der Waals surface area contributed by atoms with E-state index in [0.717, 1.165) is 18.8 Å². The summed E-state index contributed by atoms with van der Waals surface area (Å²) in [6, 6.07) is 6.71. The van der Waals surface area contributed by atoms with Crippen molar-refractivity contribution in [2.45, 2.75) is 24.5 Å². The van der Waals surface area contributed by atoms with Gasteiger partial charge < -0.3 is 4.74 Å². The van der Waals surface area contributed by atoms with Crippen LogP contribution in [0.4, 0.5) is 0 Å². The zero-order valence-electron chi connectivity index (χ0n) is 8.38. The Kier molecular flexibility index (Phi) is 1.81. The zero-order chi connectivity index (χ0) is 9.60. The minimum Gasteiger partial charge on any atom is -0.493 e. The predicted molar refractivity (Wildman–Crippen MR) is 60.1 cm³/mol. The fourth-order valence-corrected chi connectivity index (χ4v) is 3.26. The highest BCUT2D eigenvalue weighted by atomic mass is 32.2. The molecule has 0 N–H and O–H groups in total. The standard InChI is InChI=1S/C12H14OS/c1-12(5-7-14-12)10-2-3-11-9(8-10)4-6-13-11/h2-3,8H,4-7H2,1H3. The third kappa shape index (κ3) is 1.17. The number of thioether (sulfide) groups is 1. The van der Waals surface area contributed by atoms with Gasteiger partial charge in [-0.1, -0.05) is 12.1 Å². The first-order valence-electron chi connectivity index (χ1n) is 5.18. The molecule has 1 nitrogen and oxygen atoms in total. The molecule has 1 saturated heterocycles. The van der Waals surface area contributed by atoms with E-state index >= 15 is 0 Å². The maximum Gasteiger partial charge on any atom is 0.122 e. The van der Waals surface area contributed by atoms with E-state index in [2.05, 4.69) is 36.9 Å². The number of rotatable bonds is 1. The molecule has 2 heteroatoms. The summed E-state index contributed by atoms with van der Waals surface area (Å²) in [5.41, 5.74) is 2.88. The molecular weight excluding hydrogens is 192 g/mol. The van der Waals surface area contributed by atoms with E-state index in [1.165, 1.54) is 23.3 Å². The van der Waals surface area contributed by atoms with E-state index < -0.39 is 0 Å². The molecule has 1 aromatic rings. The van der Waals surface area contributed by atoms with E-state index in [-0.39, 0.29) is 0 Å². The molecule has 1 unspecified atom stereocenters. The normalized spacial score (nSPS) is 29.2. The van der Waals surface area contributed by atoms with Gasteiger partial charge in [0.2, 0.25) is 0 Å². The molecule has 0 bridgehead atoms.